The number of hydrogen-bond donors (Lipinski definition) is 1. The van der Waals surface area contributed by atoms with E-state index in [1.165, 1.54) is 35.2 Å². The van der Waals surface area contributed by atoms with Gasteiger partial charge < -0.3 is 9.84 Å². The molecule has 4 nitrogen and oxygen atoms in total. The Balaban J connectivity index is 1.65. The van der Waals surface area contributed by atoms with Gasteiger partial charge in [-0.15, -0.1) is 23.1 Å². The van der Waals surface area contributed by atoms with E-state index in [0.29, 0.717) is 22.1 Å². The molecule has 0 aliphatic heterocycles. The summed E-state index contributed by atoms with van der Waals surface area (Å²) in [4.78, 5) is 16.0. The van der Waals surface area contributed by atoms with E-state index in [4.69, 9.17) is 9.84 Å². The standard InChI is InChI=1S/C21H18F3NO3S2/c1-13-18(10-28-17-4-2-3-14(9-17)11-29-12-19(26)27)30-20(25-13)15-5-7-16(8-6-15)21(22,23)24/h2-9H,10-12H2,1H3,(H,26,27). The summed E-state index contributed by atoms with van der Waals surface area (Å²) in [6.45, 7) is 2.12. The van der Waals surface area contributed by atoms with Crippen LogP contribution in [0.25, 0.3) is 10.6 Å². The minimum Gasteiger partial charge on any atom is -0.488 e. The minimum atomic E-state index is -4.36. The third-order valence-corrected chi connectivity index (χ3v) is 6.28. The fraction of sp³-hybridized carbons (Fsp3) is 0.238. The highest BCUT2D eigenvalue weighted by Gasteiger charge is 2.30. The number of rotatable bonds is 8. The van der Waals surface area contributed by atoms with E-state index >= 15 is 0 Å². The fourth-order valence-corrected chi connectivity index (χ4v) is 4.29. The molecular weight excluding hydrogens is 435 g/mol. The van der Waals surface area contributed by atoms with E-state index in [0.717, 1.165) is 28.3 Å². The third kappa shape index (κ3) is 5.99. The number of ether oxygens (including phenoxy) is 1. The molecular formula is C21H18F3NO3S2. The number of aromatic nitrogens is 1. The van der Waals surface area contributed by atoms with Crippen LogP contribution in [-0.2, 0) is 23.3 Å². The van der Waals surface area contributed by atoms with Gasteiger partial charge in [0.2, 0.25) is 0 Å². The number of thioether (sulfide) groups is 1. The van der Waals surface area contributed by atoms with E-state index in [2.05, 4.69) is 4.98 Å². The first-order chi connectivity index (χ1) is 14.2. The molecule has 0 aliphatic rings. The number of carbonyl (C=O) groups is 1. The second-order valence-corrected chi connectivity index (χ2v) is 8.49. The second kappa shape index (κ2) is 9.53. The topological polar surface area (TPSA) is 59.4 Å². The molecule has 9 heteroatoms. The first-order valence-electron chi connectivity index (χ1n) is 8.87. The Morgan fingerprint density at radius 2 is 1.93 bits per heavy atom. The van der Waals surface area contributed by atoms with Crippen LogP contribution in [0.5, 0.6) is 5.75 Å². The van der Waals surface area contributed by atoms with E-state index in [1.807, 2.05) is 31.2 Å². The Morgan fingerprint density at radius 1 is 1.20 bits per heavy atom. The molecule has 0 radical (unpaired) electrons. The number of benzene rings is 2. The van der Waals surface area contributed by atoms with Gasteiger partial charge in [-0.05, 0) is 36.8 Å². The quantitative estimate of drug-likeness (QED) is 0.451. The van der Waals surface area contributed by atoms with Crippen LogP contribution in [0, 0.1) is 6.92 Å². The largest absolute Gasteiger partial charge is 0.488 e. The lowest BCUT2D eigenvalue weighted by molar-refractivity contribution is -0.137. The van der Waals surface area contributed by atoms with Crippen molar-refractivity contribution in [1.82, 2.24) is 4.98 Å². The summed E-state index contributed by atoms with van der Waals surface area (Å²) >= 11 is 2.69. The lowest BCUT2D eigenvalue weighted by Crippen LogP contribution is -2.03. The van der Waals surface area contributed by atoms with Crippen LogP contribution in [0.2, 0.25) is 0 Å². The molecule has 0 saturated carbocycles. The highest BCUT2D eigenvalue weighted by molar-refractivity contribution is 7.99. The van der Waals surface area contributed by atoms with Gasteiger partial charge in [-0.2, -0.15) is 13.2 Å². The first kappa shape index (κ1) is 22.2. The Bertz CT molecular complexity index is 1020. The van der Waals surface area contributed by atoms with Crippen molar-refractivity contribution in [3.05, 3.63) is 70.2 Å². The number of aliphatic carboxylic acids is 1. The van der Waals surface area contributed by atoms with Crippen LogP contribution < -0.4 is 4.74 Å². The van der Waals surface area contributed by atoms with E-state index in [-0.39, 0.29) is 12.4 Å². The average Bonchev–Trinajstić information content (AvgIpc) is 3.06. The summed E-state index contributed by atoms with van der Waals surface area (Å²) in [5, 5.41) is 9.35. The second-order valence-electron chi connectivity index (χ2n) is 6.43. The van der Waals surface area contributed by atoms with Crippen LogP contribution in [0.3, 0.4) is 0 Å². The Hall–Kier alpha value is -2.52. The van der Waals surface area contributed by atoms with Crippen molar-refractivity contribution in [3.63, 3.8) is 0 Å². The lowest BCUT2D eigenvalue weighted by atomic mass is 10.1. The molecule has 3 aromatic rings. The summed E-state index contributed by atoms with van der Waals surface area (Å²) in [5.74, 6) is 0.420. The molecule has 158 valence electrons. The van der Waals surface area contributed by atoms with Gasteiger partial charge in [0.05, 0.1) is 21.9 Å². The summed E-state index contributed by atoms with van der Waals surface area (Å²) < 4.78 is 44.0. The highest BCUT2D eigenvalue weighted by atomic mass is 32.2. The summed E-state index contributed by atoms with van der Waals surface area (Å²) in [6, 6.07) is 12.4. The molecule has 0 unspecified atom stereocenters. The van der Waals surface area contributed by atoms with E-state index in [9.17, 15) is 18.0 Å². The Morgan fingerprint density at radius 3 is 2.60 bits per heavy atom. The van der Waals surface area contributed by atoms with Gasteiger partial charge in [0.1, 0.15) is 17.4 Å². The molecule has 1 heterocycles. The molecule has 0 amide bonds. The van der Waals surface area contributed by atoms with Crippen LogP contribution >= 0.6 is 23.1 Å². The lowest BCUT2D eigenvalue weighted by Gasteiger charge is -2.07. The molecule has 2 aromatic carbocycles. The molecule has 0 atom stereocenters. The van der Waals surface area contributed by atoms with Gasteiger partial charge in [-0.3, -0.25) is 4.79 Å². The van der Waals surface area contributed by atoms with Crippen LogP contribution in [-0.4, -0.2) is 21.8 Å². The summed E-state index contributed by atoms with van der Waals surface area (Å²) in [7, 11) is 0. The number of nitrogens with zero attached hydrogens (tertiary/aromatic N) is 1. The van der Waals surface area contributed by atoms with Crippen molar-refractivity contribution in [3.8, 4) is 16.3 Å². The van der Waals surface area contributed by atoms with Gasteiger partial charge in [0.25, 0.3) is 0 Å². The van der Waals surface area contributed by atoms with E-state index < -0.39 is 17.7 Å². The molecule has 3 rings (SSSR count). The van der Waals surface area contributed by atoms with Gasteiger partial charge in [-0.25, -0.2) is 4.98 Å². The molecule has 0 spiro atoms. The maximum atomic E-state index is 12.7. The third-order valence-electron chi connectivity index (χ3n) is 4.11. The molecule has 0 aliphatic carbocycles. The van der Waals surface area contributed by atoms with Crippen LogP contribution in [0.15, 0.2) is 48.5 Å². The molecule has 1 aromatic heterocycles. The first-order valence-corrected chi connectivity index (χ1v) is 10.8. The van der Waals surface area contributed by atoms with Gasteiger partial charge in [0.15, 0.2) is 0 Å². The zero-order valence-electron chi connectivity index (χ0n) is 15.9. The number of hydrogen-bond acceptors (Lipinski definition) is 5. The fourth-order valence-electron chi connectivity index (χ4n) is 2.62. The number of alkyl halides is 3. The van der Waals surface area contributed by atoms with Crippen LogP contribution in [0.1, 0.15) is 21.7 Å². The van der Waals surface area contributed by atoms with Crippen molar-refractivity contribution >= 4 is 29.1 Å². The van der Waals surface area contributed by atoms with Crippen molar-refractivity contribution in [2.45, 2.75) is 25.5 Å². The van der Waals surface area contributed by atoms with Crippen molar-refractivity contribution in [2.24, 2.45) is 0 Å². The van der Waals surface area contributed by atoms with Crippen molar-refractivity contribution in [2.75, 3.05) is 5.75 Å². The Kier molecular flexibility index (Phi) is 7.04. The predicted octanol–water partition coefficient (Wildman–Crippen LogP) is 6.03. The van der Waals surface area contributed by atoms with Crippen molar-refractivity contribution in [1.29, 1.82) is 0 Å². The molecule has 30 heavy (non-hydrogen) atoms. The van der Waals surface area contributed by atoms with Crippen molar-refractivity contribution < 1.29 is 27.8 Å². The number of thiazole rings is 1. The van der Waals surface area contributed by atoms with Gasteiger partial charge >= 0.3 is 12.1 Å². The summed E-state index contributed by atoms with van der Waals surface area (Å²) in [6.07, 6.45) is -4.36. The highest BCUT2D eigenvalue weighted by Crippen LogP contribution is 2.33. The minimum absolute atomic E-state index is 0.0396. The zero-order valence-corrected chi connectivity index (χ0v) is 17.5. The zero-order chi connectivity index (χ0) is 21.7. The number of carboxylic acid groups (broad SMARTS) is 1. The van der Waals surface area contributed by atoms with Gasteiger partial charge in [0, 0.05) is 11.3 Å². The number of halogens is 3. The number of carboxylic acids is 1. The predicted molar refractivity (Wildman–Crippen MR) is 112 cm³/mol. The average molecular weight is 454 g/mol. The molecule has 1 N–H and O–H groups in total. The molecule has 0 bridgehead atoms. The SMILES string of the molecule is Cc1nc(-c2ccc(C(F)(F)F)cc2)sc1COc1cccc(CSCC(=O)O)c1. The monoisotopic (exact) mass is 453 g/mol. The normalized spacial score (nSPS) is 11.5. The van der Waals surface area contributed by atoms with Gasteiger partial charge in [-0.1, -0.05) is 24.3 Å². The maximum Gasteiger partial charge on any atom is 0.416 e. The van der Waals surface area contributed by atoms with Crippen LogP contribution in [0.4, 0.5) is 13.2 Å². The van der Waals surface area contributed by atoms with E-state index in [1.54, 1.807) is 0 Å². The summed E-state index contributed by atoms with van der Waals surface area (Å²) in [5.41, 5.74) is 1.66. The molecule has 0 fully saturated rings. The molecule has 0 saturated heterocycles. The number of aryl methyl sites for hydroxylation is 1. The smallest absolute Gasteiger partial charge is 0.416 e. The Labute approximate surface area is 179 Å². The maximum absolute atomic E-state index is 12.7.